The predicted octanol–water partition coefficient (Wildman–Crippen LogP) is 2.05. The van der Waals surface area contributed by atoms with Gasteiger partial charge in [-0.1, -0.05) is 31.2 Å². The van der Waals surface area contributed by atoms with Gasteiger partial charge in [-0.2, -0.15) is 15.4 Å². The highest BCUT2D eigenvalue weighted by atomic mass is 15.3. The zero-order valence-electron chi connectivity index (χ0n) is 10.7. The van der Waals surface area contributed by atoms with Gasteiger partial charge in [-0.15, -0.1) is 0 Å². The molecule has 1 atom stereocenters. The van der Waals surface area contributed by atoms with E-state index in [4.69, 9.17) is 0 Å². The van der Waals surface area contributed by atoms with Crippen LogP contribution < -0.4 is 5.32 Å². The van der Waals surface area contributed by atoms with Gasteiger partial charge in [0.05, 0.1) is 12.2 Å². The maximum atomic E-state index is 4.33. The normalized spacial score (nSPS) is 12.7. The van der Waals surface area contributed by atoms with E-state index in [-0.39, 0.29) is 6.04 Å². The summed E-state index contributed by atoms with van der Waals surface area (Å²) in [4.78, 5) is 4.33. The van der Waals surface area contributed by atoms with Gasteiger partial charge in [-0.05, 0) is 11.9 Å². The molecule has 0 fully saturated rings. The second-order valence-corrected chi connectivity index (χ2v) is 4.34. The zero-order chi connectivity index (χ0) is 13.1. The Morgan fingerprint density at radius 3 is 2.89 bits per heavy atom. The lowest BCUT2D eigenvalue weighted by Gasteiger charge is -2.17. The van der Waals surface area contributed by atoms with E-state index in [2.05, 4.69) is 44.8 Å². The Labute approximate surface area is 111 Å². The van der Waals surface area contributed by atoms with E-state index in [1.165, 1.54) is 5.39 Å². The number of aromatic nitrogens is 4. The Morgan fingerprint density at radius 2 is 2.11 bits per heavy atom. The number of fused-ring (bicyclic) bond motifs is 1. The molecular formula is C14H15N5. The number of aromatic amines is 1. The van der Waals surface area contributed by atoms with E-state index in [1.807, 2.05) is 24.5 Å². The maximum absolute atomic E-state index is 4.33. The van der Waals surface area contributed by atoms with Gasteiger partial charge in [0, 0.05) is 23.3 Å². The molecule has 0 saturated heterocycles. The first-order chi connectivity index (χ1) is 9.40. The lowest BCUT2D eigenvalue weighted by atomic mass is 10.00. The van der Waals surface area contributed by atoms with Gasteiger partial charge in [0.2, 0.25) is 0 Å². The molecule has 0 aliphatic heterocycles. The van der Waals surface area contributed by atoms with Crippen molar-refractivity contribution in [2.75, 3.05) is 6.54 Å². The Hall–Kier alpha value is -2.27. The van der Waals surface area contributed by atoms with E-state index >= 15 is 0 Å². The topological polar surface area (TPSA) is 66.5 Å². The number of nitrogens with one attached hydrogen (secondary N) is 2. The molecule has 0 bridgehead atoms. The SMILES string of the molecule is CCNC(c1cn[nH]n1)c1cncc2ccccc12. The summed E-state index contributed by atoms with van der Waals surface area (Å²) >= 11 is 0. The summed E-state index contributed by atoms with van der Waals surface area (Å²) in [5.74, 6) is 0. The van der Waals surface area contributed by atoms with Gasteiger partial charge in [-0.25, -0.2) is 0 Å². The summed E-state index contributed by atoms with van der Waals surface area (Å²) in [6.07, 6.45) is 5.52. The van der Waals surface area contributed by atoms with Crippen LogP contribution in [0.3, 0.4) is 0 Å². The molecule has 19 heavy (non-hydrogen) atoms. The van der Waals surface area contributed by atoms with Crippen LogP contribution in [-0.4, -0.2) is 26.9 Å². The minimum absolute atomic E-state index is 0.00218. The third-order valence-corrected chi connectivity index (χ3v) is 3.15. The summed E-state index contributed by atoms with van der Waals surface area (Å²) in [5.41, 5.74) is 1.99. The second-order valence-electron chi connectivity index (χ2n) is 4.34. The van der Waals surface area contributed by atoms with Gasteiger partial charge in [0.1, 0.15) is 5.69 Å². The van der Waals surface area contributed by atoms with Crippen molar-refractivity contribution in [1.29, 1.82) is 0 Å². The van der Waals surface area contributed by atoms with E-state index in [1.54, 1.807) is 6.20 Å². The number of benzene rings is 1. The molecule has 96 valence electrons. The largest absolute Gasteiger partial charge is 0.305 e. The minimum atomic E-state index is 0.00218. The van der Waals surface area contributed by atoms with Gasteiger partial charge >= 0.3 is 0 Å². The number of pyridine rings is 1. The first-order valence-corrected chi connectivity index (χ1v) is 6.32. The summed E-state index contributed by atoms with van der Waals surface area (Å²) < 4.78 is 0. The molecule has 0 aliphatic rings. The second kappa shape index (κ2) is 5.16. The average molecular weight is 253 g/mol. The molecular weight excluding hydrogens is 238 g/mol. The number of H-pyrrole nitrogens is 1. The Kier molecular flexibility index (Phi) is 3.20. The van der Waals surface area contributed by atoms with Crippen LogP contribution >= 0.6 is 0 Å². The lowest BCUT2D eigenvalue weighted by molar-refractivity contribution is 0.615. The van der Waals surface area contributed by atoms with Crippen LogP contribution in [0.1, 0.15) is 24.2 Å². The highest BCUT2D eigenvalue weighted by molar-refractivity contribution is 5.85. The smallest absolute Gasteiger partial charge is 0.104 e. The van der Waals surface area contributed by atoms with Crippen LogP contribution in [0.25, 0.3) is 10.8 Å². The van der Waals surface area contributed by atoms with Crippen molar-refractivity contribution in [1.82, 2.24) is 25.7 Å². The van der Waals surface area contributed by atoms with Gasteiger partial charge < -0.3 is 5.32 Å². The predicted molar refractivity (Wildman–Crippen MR) is 73.6 cm³/mol. The molecule has 0 radical (unpaired) electrons. The highest BCUT2D eigenvalue weighted by Gasteiger charge is 2.18. The third kappa shape index (κ3) is 2.20. The Bertz CT molecular complexity index is 657. The molecule has 2 aromatic heterocycles. The van der Waals surface area contributed by atoms with Crippen molar-refractivity contribution in [3.63, 3.8) is 0 Å². The first kappa shape index (κ1) is 11.8. The van der Waals surface area contributed by atoms with Crippen LogP contribution in [-0.2, 0) is 0 Å². The summed E-state index contributed by atoms with van der Waals surface area (Å²) in [6, 6.07) is 8.24. The minimum Gasteiger partial charge on any atom is -0.305 e. The molecule has 0 saturated carbocycles. The Morgan fingerprint density at radius 1 is 1.21 bits per heavy atom. The standard InChI is InChI=1S/C14H15N5/c1-2-16-14(13-9-17-19-18-13)12-8-15-7-10-5-3-4-6-11(10)12/h3-9,14,16H,2H2,1H3,(H,17,18,19). The molecule has 2 heterocycles. The van der Waals surface area contributed by atoms with Crippen LogP contribution in [0.4, 0.5) is 0 Å². The monoisotopic (exact) mass is 253 g/mol. The van der Waals surface area contributed by atoms with Crippen LogP contribution in [0.15, 0.2) is 42.9 Å². The number of hydrogen-bond donors (Lipinski definition) is 2. The van der Waals surface area contributed by atoms with Crippen molar-refractivity contribution in [2.24, 2.45) is 0 Å². The van der Waals surface area contributed by atoms with E-state index in [0.29, 0.717) is 0 Å². The molecule has 1 unspecified atom stereocenters. The highest BCUT2D eigenvalue weighted by Crippen LogP contribution is 2.26. The molecule has 3 aromatic rings. The number of rotatable bonds is 4. The van der Waals surface area contributed by atoms with Crippen LogP contribution in [0, 0.1) is 0 Å². The number of hydrogen-bond acceptors (Lipinski definition) is 4. The van der Waals surface area contributed by atoms with Crippen molar-refractivity contribution in [2.45, 2.75) is 13.0 Å². The molecule has 0 amide bonds. The first-order valence-electron chi connectivity index (χ1n) is 6.32. The molecule has 2 N–H and O–H groups in total. The Balaban J connectivity index is 2.15. The van der Waals surface area contributed by atoms with Crippen molar-refractivity contribution >= 4 is 10.8 Å². The molecule has 3 rings (SSSR count). The quantitative estimate of drug-likeness (QED) is 0.747. The third-order valence-electron chi connectivity index (χ3n) is 3.15. The van der Waals surface area contributed by atoms with Crippen molar-refractivity contribution < 1.29 is 0 Å². The molecule has 0 spiro atoms. The van der Waals surface area contributed by atoms with E-state index in [9.17, 15) is 0 Å². The fourth-order valence-corrected chi connectivity index (χ4v) is 2.30. The number of nitrogens with zero attached hydrogens (tertiary/aromatic N) is 3. The van der Waals surface area contributed by atoms with Crippen molar-refractivity contribution in [3.8, 4) is 0 Å². The van der Waals surface area contributed by atoms with Gasteiger partial charge in [-0.3, -0.25) is 4.98 Å². The van der Waals surface area contributed by atoms with E-state index in [0.717, 1.165) is 23.2 Å². The molecule has 5 heteroatoms. The van der Waals surface area contributed by atoms with Crippen LogP contribution in [0.2, 0.25) is 0 Å². The molecule has 5 nitrogen and oxygen atoms in total. The fourth-order valence-electron chi connectivity index (χ4n) is 2.30. The average Bonchev–Trinajstić information content (AvgIpc) is 2.98. The zero-order valence-corrected chi connectivity index (χ0v) is 10.7. The molecule has 0 aliphatic carbocycles. The molecule has 1 aromatic carbocycles. The summed E-state index contributed by atoms with van der Waals surface area (Å²) in [7, 11) is 0. The van der Waals surface area contributed by atoms with E-state index < -0.39 is 0 Å². The summed E-state index contributed by atoms with van der Waals surface area (Å²) in [6.45, 7) is 2.92. The van der Waals surface area contributed by atoms with Gasteiger partial charge in [0.25, 0.3) is 0 Å². The van der Waals surface area contributed by atoms with Crippen molar-refractivity contribution in [3.05, 3.63) is 54.1 Å². The maximum Gasteiger partial charge on any atom is 0.104 e. The lowest BCUT2D eigenvalue weighted by Crippen LogP contribution is -2.22. The van der Waals surface area contributed by atoms with Crippen LogP contribution in [0.5, 0.6) is 0 Å². The fraction of sp³-hybridized carbons (Fsp3) is 0.214. The van der Waals surface area contributed by atoms with Gasteiger partial charge in [0.15, 0.2) is 0 Å². The summed E-state index contributed by atoms with van der Waals surface area (Å²) in [5, 5.41) is 16.5.